The molecular formula is C36H31F3IrN6-6. The number of halogens is 3. The average molecular weight is 797 g/mol. The number of hydrogen-bond donors (Lipinski definition) is 0. The minimum Gasteiger partial charge on any atom is -0.559 e. The maximum atomic E-state index is 15.7. The summed E-state index contributed by atoms with van der Waals surface area (Å²) >= 11 is 0. The van der Waals surface area contributed by atoms with E-state index in [1.165, 1.54) is 22.2 Å². The van der Waals surface area contributed by atoms with Crippen LogP contribution in [0.4, 0.5) is 30.2 Å². The first-order valence-electron chi connectivity index (χ1n) is 15.3. The Hall–Kier alpha value is -4.01. The third-order valence-corrected chi connectivity index (χ3v) is 9.15. The van der Waals surface area contributed by atoms with Crippen LogP contribution < -0.4 is 14.7 Å². The molecular weight excluding hydrogens is 766 g/mol. The maximum Gasteiger partial charge on any atom is 0.198 e. The van der Waals surface area contributed by atoms with Crippen molar-refractivity contribution in [2.75, 3.05) is 27.8 Å². The zero-order valence-electron chi connectivity index (χ0n) is 24.9. The molecule has 241 valence electrons. The second-order valence-corrected chi connectivity index (χ2v) is 11.8. The van der Waals surface area contributed by atoms with E-state index >= 15 is 8.78 Å². The van der Waals surface area contributed by atoms with Crippen LogP contribution in [0.5, 0.6) is 0 Å². The summed E-state index contributed by atoms with van der Waals surface area (Å²) in [5, 5.41) is 0. The molecule has 5 heterocycles. The van der Waals surface area contributed by atoms with Gasteiger partial charge in [0.2, 0.25) is 0 Å². The van der Waals surface area contributed by atoms with Crippen molar-refractivity contribution in [2.24, 2.45) is 5.92 Å². The molecule has 5 aliphatic heterocycles. The largest absolute Gasteiger partial charge is 0.559 e. The molecule has 0 bridgehead atoms. The Morgan fingerprint density at radius 1 is 0.783 bits per heavy atom. The molecule has 8 rings (SSSR count). The van der Waals surface area contributed by atoms with Gasteiger partial charge in [-0.2, -0.15) is 105 Å². The molecule has 0 N–H and O–H groups in total. The summed E-state index contributed by atoms with van der Waals surface area (Å²) in [5.74, 6) is 0.336. The first kappa shape index (κ1) is 30.6. The number of nitrogens with zero attached hydrogens (tertiary/aromatic N) is 6. The Morgan fingerprint density at radius 2 is 1.48 bits per heavy atom. The van der Waals surface area contributed by atoms with Gasteiger partial charge >= 0.3 is 0 Å². The van der Waals surface area contributed by atoms with E-state index in [0.717, 1.165) is 42.5 Å². The van der Waals surface area contributed by atoms with Gasteiger partial charge < -0.3 is 29.4 Å². The van der Waals surface area contributed by atoms with Crippen molar-refractivity contribution in [3.8, 4) is 0 Å². The Kier molecular flexibility index (Phi) is 8.42. The second-order valence-electron chi connectivity index (χ2n) is 11.8. The summed E-state index contributed by atoms with van der Waals surface area (Å²) in [7, 11) is 0. The molecule has 1 fully saturated rings. The Morgan fingerprint density at radius 3 is 2.22 bits per heavy atom. The molecule has 0 aromatic heterocycles. The van der Waals surface area contributed by atoms with Gasteiger partial charge in [0.1, 0.15) is 0 Å². The smallest absolute Gasteiger partial charge is 0.198 e. The van der Waals surface area contributed by atoms with Gasteiger partial charge in [-0.1, -0.05) is 24.2 Å². The van der Waals surface area contributed by atoms with Crippen LogP contribution >= 0.6 is 0 Å². The van der Waals surface area contributed by atoms with Crippen molar-refractivity contribution in [2.45, 2.75) is 31.8 Å². The molecule has 0 spiro atoms. The minimum absolute atomic E-state index is 0. The van der Waals surface area contributed by atoms with Crippen molar-refractivity contribution in [1.82, 2.24) is 14.7 Å². The first-order valence-corrected chi connectivity index (χ1v) is 15.3. The molecule has 0 amide bonds. The monoisotopic (exact) mass is 797 g/mol. The molecule has 3 aromatic rings. The Labute approximate surface area is 282 Å². The predicted molar refractivity (Wildman–Crippen MR) is 167 cm³/mol. The fraction of sp³-hybridized carbons (Fsp3) is 0.222. The summed E-state index contributed by atoms with van der Waals surface area (Å²) in [6.45, 7) is 4.85. The summed E-state index contributed by atoms with van der Waals surface area (Å²) in [4.78, 5) is 10.6. The maximum absolute atomic E-state index is 15.7. The summed E-state index contributed by atoms with van der Waals surface area (Å²) in [6.07, 6.45) is 7.64. The van der Waals surface area contributed by atoms with Crippen LogP contribution in [-0.4, -0.2) is 34.0 Å². The van der Waals surface area contributed by atoms with E-state index in [4.69, 9.17) is 0 Å². The van der Waals surface area contributed by atoms with Gasteiger partial charge in [0, 0.05) is 39.1 Å². The molecule has 5 aliphatic rings. The van der Waals surface area contributed by atoms with E-state index < -0.39 is 5.95 Å². The van der Waals surface area contributed by atoms with Gasteiger partial charge in [0.05, 0.1) is 6.20 Å². The fourth-order valence-corrected chi connectivity index (χ4v) is 7.00. The number of hydrogen-bond acceptors (Lipinski definition) is 6. The Balaban J connectivity index is 0.00000338. The minimum atomic E-state index is -0.411. The van der Waals surface area contributed by atoms with Crippen molar-refractivity contribution < 1.29 is 33.3 Å². The van der Waals surface area contributed by atoms with Crippen LogP contribution in [0.15, 0.2) is 109 Å². The molecule has 2 atom stereocenters. The first-order chi connectivity index (χ1) is 22.0. The molecule has 46 heavy (non-hydrogen) atoms. The topological polar surface area (TPSA) is 19.4 Å². The van der Waals surface area contributed by atoms with E-state index in [0.29, 0.717) is 36.8 Å². The van der Waals surface area contributed by atoms with Gasteiger partial charge in [0.15, 0.2) is 17.9 Å². The predicted octanol–water partition coefficient (Wildman–Crippen LogP) is 7.58. The fourth-order valence-electron chi connectivity index (χ4n) is 7.00. The molecule has 1 saturated heterocycles. The van der Waals surface area contributed by atoms with E-state index in [1.54, 1.807) is 36.6 Å². The average Bonchev–Trinajstić information content (AvgIpc) is 3.74. The zero-order valence-corrected chi connectivity index (χ0v) is 27.3. The summed E-state index contributed by atoms with van der Waals surface area (Å²) in [6, 6.07) is 29.4. The number of fused-ring (bicyclic) bond motifs is 2. The normalized spacial score (nSPS) is 22.6. The quantitative estimate of drug-likeness (QED) is 0.188. The van der Waals surface area contributed by atoms with Crippen molar-refractivity contribution >= 4 is 17.1 Å². The SMILES string of the molecule is FC1=CN(CCC2CC[C-]3[C-](N4C=C(F)N(c5[c-]cccc5)[CH-]4)c4ccccc4N4C(F)=CN(CC2)C34)[CH-]N1c1[c-]cccc1.[Ir]. The van der Waals surface area contributed by atoms with Gasteiger partial charge in [-0.15, -0.1) is 17.4 Å². The third-order valence-electron chi connectivity index (χ3n) is 9.15. The Bertz CT molecular complexity index is 1630. The standard InChI is InChI=1S/C36H31F3N6.Ir/c37-32-21-40(24-43(32)27-9-3-1-4-10-27)19-17-26-15-16-30-35(42-22-33(38)44(25-42)28-11-5-2-6-12-28)29-13-7-8-14-31(29)45-34(39)23-41(20-18-26)36(30)45;/h1-9,11,13-14,21-26,36H,15-20H2;/q-6;. The molecule has 0 aliphatic carbocycles. The van der Waals surface area contributed by atoms with Crippen molar-refractivity contribution in [3.05, 3.63) is 152 Å². The zero-order chi connectivity index (χ0) is 30.5. The summed E-state index contributed by atoms with van der Waals surface area (Å²) in [5.41, 5.74) is 2.88. The van der Waals surface area contributed by atoms with Crippen LogP contribution in [0.3, 0.4) is 0 Å². The van der Waals surface area contributed by atoms with Crippen molar-refractivity contribution in [3.63, 3.8) is 0 Å². The van der Waals surface area contributed by atoms with Gasteiger partial charge in [0.25, 0.3) is 0 Å². The van der Waals surface area contributed by atoms with Crippen molar-refractivity contribution in [1.29, 1.82) is 0 Å². The number of rotatable bonds is 6. The van der Waals surface area contributed by atoms with Crippen LogP contribution in [0, 0.1) is 43.3 Å². The molecule has 6 nitrogen and oxygen atoms in total. The van der Waals surface area contributed by atoms with E-state index in [2.05, 4.69) is 17.0 Å². The van der Waals surface area contributed by atoms with E-state index in [1.807, 2.05) is 70.5 Å². The molecule has 0 saturated carbocycles. The third kappa shape index (κ3) is 5.41. The summed E-state index contributed by atoms with van der Waals surface area (Å²) < 4.78 is 46.0. The molecule has 1 radical (unpaired) electrons. The van der Waals surface area contributed by atoms with Crippen LogP contribution in [-0.2, 0) is 20.1 Å². The van der Waals surface area contributed by atoms with Gasteiger partial charge in [-0.05, 0) is 31.5 Å². The second kappa shape index (κ2) is 12.6. The van der Waals surface area contributed by atoms with E-state index in [-0.39, 0.29) is 38.2 Å². The number of anilines is 3. The number of benzene rings is 3. The molecule has 2 unspecified atom stereocenters. The van der Waals surface area contributed by atoms with Gasteiger partial charge in [-0.3, -0.25) is 12.0 Å². The number of para-hydroxylation sites is 3. The van der Waals surface area contributed by atoms with Gasteiger partial charge in [-0.25, -0.2) is 0 Å². The molecule has 3 aromatic carbocycles. The molecule has 10 heteroatoms. The van der Waals surface area contributed by atoms with Crippen LogP contribution in [0.2, 0.25) is 0 Å². The van der Waals surface area contributed by atoms with E-state index in [9.17, 15) is 4.39 Å². The van der Waals surface area contributed by atoms with Crippen LogP contribution in [0.1, 0.15) is 31.2 Å². The van der Waals surface area contributed by atoms with Crippen LogP contribution in [0.25, 0.3) is 0 Å².